The van der Waals surface area contributed by atoms with Crippen LogP contribution in [0.25, 0.3) is 259 Å². The maximum Gasteiger partial charge on any atom is 0.0625 e. The summed E-state index contributed by atoms with van der Waals surface area (Å²) in [6.45, 7) is 0. The van der Waals surface area contributed by atoms with E-state index >= 15 is 0 Å². The van der Waals surface area contributed by atoms with Gasteiger partial charge < -0.3 is 0 Å². The lowest BCUT2D eigenvalue weighted by molar-refractivity contribution is 0.497. The summed E-state index contributed by atoms with van der Waals surface area (Å²) in [7, 11) is 0. The van der Waals surface area contributed by atoms with E-state index in [1.54, 1.807) is 303 Å². The zero-order valence-corrected chi connectivity index (χ0v) is 50.2. The molecule has 14 aliphatic carbocycles. The Morgan fingerprint density at radius 2 is 0.426 bits per heavy atom. The molecule has 2 fully saturated rings. The Hall–Kier alpha value is -10.3. The first-order valence-corrected chi connectivity index (χ1v) is 36.1. The van der Waals surface area contributed by atoms with E-state index in [1.165, 1.54) is 49.7 Å². The summed E-state index contributed by atoms with van der Waals surface area (Å²) in [5.41, 5.74) is 20.9. The van der Waals surface area contributed by atoms with Gasteiger partial charge in [-0.15, -0.1) is 0 Å². The average molecular weight is 1170 g/mol. The van der Waals surface area contributed by atoms with Gasteiger partial charge in [0.2, 0.25) is 0 Å². The highest BCUT2D eigenvalue weighted by molar-refractivity contribution is 6.79. The molecule has 0 amide bonds. The summed E-state index contributed by atoms with van der Waals surface area (Å²) in [5, 5.41) is 77.3. The van der Waals surface area contributed by atoms with Crippen molar-refractivity contribution in [2.75, 3.05) is 0 Å². The number of aliphatic imine (C=N–C) groups is 2. The Bertz CT molecular complexity index is 8270. The SMILES string of the molecule is C(=Nc1ccccc1)C12CCCCCc3ccc(cc3)CCCCCC3(C=Nc4ccccc4)C45c6c7c8c9c%10c%11c%12c%13c%14c%15c%16c(c-7c4c4c7c%17c%18c%19c(c%20c6c9c6c%20c9c%19c%19c%20c%18c%18c7c(c4%16)c4c%15c7c%13c%13c%12c%12c%10c6c6c9c%19c9c(c%126)c%13c6c7c4c%18c%20c69)C%1735)C%141C8%112. The van der Waals surface area contributed by atoms with E-state index in [9.17, 15) is 0 Å². The topological polar surface area (TPSA) is 24.7 Å². The molecular weight excluding hydrogens is 1130 g/mol. The Morgan fingerprint density at radius 1 is 0.213 bits per heavy atom. The summed E-state index contributed by atoms with van der Waals surface area (Å²) in [6, 6.07) is 32.6. The van der Waals surface area contributed by atoms with Crippen LogP contribution in [-0.4, -0.2) is 12.4 Å². The van der Waals surface area contributed by atoms with Crippen LogP contribution in [0, 0.1) is 10.8 Å². The molecule has 0 aliphatic heterocycles. The third-order valence-electron chi connectivity index (χ3n) is 33.2. The van der Waals surface area contributed by atoms with Gasteiger partial charge in [0.1, 0.15) is 0 Å². The second kappa shape index (κ2) is 10.1. The molecule has 41 rings (SSSR count). The van der Waals surface area contributed by atoms with Crippen LogP contribution in [0.2, 0.25) is 0 Å². The van der Waals surface area contributed by atoms with Gasteiger partial charge in [-0.1, -0.05) is 86.3 Å². The van der Waals surface area contributed by atoms with Gasteiger partial charge in [0.05, 0.1) is 11.4 Å². The molecule has 3 atom stereocenters. The molecule has 27 aromatic carbocycles. The summed E-state index contributed by atoms with van der Waals surface area (Å²) < 4.78 is 0. The molecule has 0 aromatic heterocycles. The van der Waals surface area contributed by atoms with E-state index < -0.39 is 0 Å². The third kappa shape index (κ3) is 2.48. The highest BCUT2D eigenvalue weighted by Crippen LogP contribution is 3.02. The molecule has 0 N–H and O–H groups in total. The fourth-order valence-corrected chi connectivity index (χ4v) is 32.4. The molecule has 2 heteroatoms. The van der Waals surface area contributed by atoms with Crippen molar-refractivity contribution in [2.24, 2.45) is 20.8 Å². The second-order valence-electron chi connectivity index (χ2n) is 34.1. The molecule has 27 aromatic rings. The van der Waals surface area contributed by atoms with Crippen molar-refractivity contribution in [3.05, 3.63) is 141 Å². The van der Waals surface area contributed by atoms with Crippen LogP contribution >= 0.6 is 0 Å². The molecule has 4 spiro atoms. The van der Waals surface area contributed by atoms with Crippen molar-refractivity contribution < 1.29 is 0 Å². The number of rotatable bonds is 4. The smallest absolute Gasteiger partial charge is 0.0625 e. The number of nitrogens with zero attached hydrogens (tertiary/aromatic N) is 2. The average Bonchev–Trinajstić information content (AvgIpc) is 1.34. The zero-order valence-electron chi connectivity index (χ0n) is 50.2. The first kappa shape index (κ1) is 40.0. The van der Waals surface area contributed by atoms with E-state index in [0.29, 0.717) is 0 Å². The minimum Gasteiger partial charge on any atom is -0.261 e. The van der Waals surface area contributed by atoms with Crippen molar-refractivity contribution in [1.29, 1.82) is 0 Å². The van der Waals surface area contributed by atoms with Gasteiger partial charge in [0.25, 0.3) is 0 Å². The van der Waals surface area contributed by atoms with E-state index in [1.807, 2.05) is 0 Å². The number of aryl methyl sites for hydroxylation is 2. The molecule has 12 bridgehead atoms. The fraction of sp³-hybridized carbons (Fsp3) is 0.174. The lowest BCUT2D eigenvalue weighted by Gasteiger charge is -2.34. The standard InChI is InChI=1S/C92H36N2/c1-7-15-29(16-8-1)93-25-87-23-11-3-5-13-27-19-21-28(22-20-27)14-6-4-12-24-88(26-94-30-17-9-2-10-18-30)90-81-67-59-48-40-33-31-32-34-39(33)52(59)60-49-41(34)38-43-36(32)45-44-35(31)42-37(40)46-53-61-50(42)55(44)65-66-56(45)51(43)62-54-47(38)58(49)70-74-64(54)76-72(62)80(66)89(87)79(65)71(61)75-63(53)73(69(81)57(46)48)83(90)77-78(86(76)92(87,89)85(75)77)84(74)91(88,90)82(70)68(60)67/h1-2,7-10,15-22,25-26H,3-6,11-14,23-24H2. The van der Waals surface area contributed by atoms with Crippen molar-refractivity contribution in [1.82, 2.24) is 0 Å². The Kier molecular flexibility index (Phi) is 4.30. The van der Waals surface area contributed by atoms with Gasteiger partial charge in [-0.05, 0) is 377 Å². The predicted octanol–water partition coefficient (Wildman–Crippen LogP) is 23.5. The molecule has 0 saturated heterocycles. The molecule has 0 heterocycles. The molecule has 414 valence electrons. The monoisotopic (exact) mass is 1170 g/mol. The Labute approximate surface area is 526 Å². The van der Waals surface area contributed by atoms with Gasteiger partial charge in [-0.3, -0.25) is 9.98 Å². The maximum absolute atomic E-state index is 6.14. The number of hydrogen-bond acceptors (Lipinski definition) is 2. The summed E-state index contributed by atoms with van der Waals surface area (Å²) >= 11 is 0. The first-order chi connectivity index (χ1) is 46.8. The molecule has 0 radical (unpaired) electrons. The first-order valence-electron chi connectivity index (χ1n) is 36.1. The van der Waals surface area contributed by atoms with Gasteiger partial charge in [0, 0.05) is 44.9 Å². The third-order valence-corrected chi connectivity index (χ3v) is 33.2. The number of benzene rings is 19. The van der Waals surface area contributed by atoms with Gasteiger partial charge in [0.15, 0.2) is 0 Å². The Balaban J connectivity index is 0.904. The number of para-hydroxylation sites is 2. The molecule has 14 aliphatic rings. The molecule has 94 heavy (non-hydrogen) atoms. The van der Waals surface area contributed by atoms with Gasteiger partial charge in [-0.25, -0.2) is 0 Å². The van der Waals surface area contributed by atoms with Crippen LogP contribution < -0.4 is 0 Å². The summed E-state index contributed by atoms with van der Waals surface area (Å²) in [6.07, 6.45) is 17.3. The largest absolute Gasteiger partial charge is 0.261 e. The van der Waals surface area contributed by atoms with Gasteiger partial charge in [-0.2, -0.15) is 0 Å². The van der Waals surface area contributed by atoms with E-state index in [2.05, 4.69) is 97.4 Å². The maximum atomic E-state index is 6.14. The van der Waals surface area contributed by atoms with E-state index in [0.717, 1.165) is 37.1 Å². The van der Waals surface area contributed by atoms with Crippen molar-refractivity contribution in [3.8, 4) is 11.1 Å². The molecular formula is C92H36N2. The molecule has 2 nitrogen and oxygen atoms in total. The summed E-state index contributed by atoms with van der Waals surface area (Å²) in [4.78, 5) is 12.3. The van der Waals surface area contributed by atoms with E-state index in [-0.39, 0.29) is 32.5 Å². The zero-order chi connectivity index (χ0) is 57.4. The lowest BCUT2D eigenvalue weighted by atomic mass is 9.66. The van der Waals surface area contributed by atoms with E-state index in [4.69, 9.17) is 9.98 Å². The van der Waals surface area contributed by atoms with Crippen LogP contribution in [0.15, 0.2) is 94.9 Å². The quantitative estimate of drug-likeness (QED) is 0.124. The highest BCUT2D eigenvalue weighted by atomic mass is 15.0. The molecule has 3 unspecified atom stereocenters. The van der Waals surface area contributed by atoms with Crippen LogP contribution in [0.4, 0.5) is 11.4 Å². The Morgan fingerprint density at radius 3 is 0.691 bits per heavy atom. The fourth-order valence-electron chi connectivity index (χ4n) is 32.4. The van der Waals surface area contributed by atoms with Crippen molar-refractivity contribution in [3.63, 3.8) is 0 Å². The lowest BCUT2D eigenvalue weighted by Crippen LogP contribution is -2.28. The minimum atomic E-state index is -0.355. The predicted molar refractivity (Wildman–Crippen MR) is 391 cm³/mol. The van der Waals surface area contributed by atoms with Crippen LogP contribution in [-0.2, 0) is 34.5 Å². The van der Waals surface area contributed by atoms with Crippen LogP contribution in [0.5, 0.6) is 0 Å². The summed E-state index contributed by atoms with van der Waals surface area (Å²) in [5.74, 6) is 0. The van der Waals surface area contributed by atoms with Crippen LogP contribution in [0.1, 0.15) is 107 Å². The number of hydrogen-bond donors (Lipinski definition) is 0. The molecule has 2 saturated carbocycles. The van der Waals surface area contributed by atoms with Crippen molar-refractivity contribution in [2.45, 2.75) is 85.9 Å². The minimum absolute atomic E-state index is 0.337. The van der Waals surface area contributed by atoms with Crippen molar-refractivity contribution >= 4 is 272 Å². The van der Waals surface area contributed by atoms with Crippen LogP contribution in [0.3, 0.4) is 0 Å². The highest BCUT2D eigenvalue weighted by Gasteiger charge is 2.98. The normalized spacial score (nSPS) is 28.2. The second-order valence-corrected chi connectivity index (χ2v) is 34.1. The van der Waals surface area contributed by atoms with Gasteiger partial charge >= 0.3 is 0 Å².